The number of carboxylic acid groups (broad SMARTS) is 1. The van der Waals surface area contributed by atoms with Crippen LogP contribution < -0.4 is 4.74 Å². The van der Waals surface area contributed by atoms with Crippen LogP contribution in [0.25, 0.3) is 16.0 Å². The number of thiophene rings is 1. The number of benzene rings is 2. The third-order valence-electron chi connectivity index (χ3n) is 7.37. The number of carboxylic acids is 1. The van der Waals surface area contributed by atoms with Crippen molar-refractivity contribution in [1.82, 2.24) is 0 Å². The van der Waals surface area contributed by atoms with Crippen molar-refractivity contribution >= 4 is 36.4 Å². The van der Waals surface area contributed by atoms with Gasteiger partial charge in [0.15, 0.2) is 0 Å². The van der Waals surface area contributed by atoms with Gasteiger partial charge in [-0.05, 0) is 77.6 Å². The smallest absolute Gasteiger partial charge is 0.303 e. The summed E-state index contributed by atoms with van der Waals surface area (Å²) in [6.45, 7) is 4.89. The van der Waals surface area contributed by atoms with Crippen molar-refractivity contribution in [2.24, 2.45) is 11.3 Å². The normalized spacial score (nSPS) is 17.2. The molecule has 2 aliphatic rings. The van der Waals surface area contributed by atoms with Crippen LogP contribution in [-0.2, 0) is 11.4 Å². The number of hydrogen-bond donors (Lipinski definition) is 1. The van der Waals surface area contributed by atoms with Crippen LogP contribution in [0.1, 0.15) is 68.6 Å². The third kappa shape index (κ3) is 5.55. The van der Waals surface area contributed by atoms with Crippen molar-refractivity contribution in [3.05, 3.63) is 82.5 Å². The molecule has 3 aromatic rings. The molecule has 0 bridgehead atoms. The van der Waals surface area contributed by atoms with Gasteiger partial charge in [0.25, 0.3) is 0 Å². The molecule has 0 amide bonds. The second kappa shape index (κ2) is 10.8. The van der Waals surface area contributed by atoms with Crippen LogP contribution in [0.2, 0.25) is 0 Å². The Balaban J connectivity index is 0.00000304. The summed E-state index contributed by atoms with van der Waals surface area (Å²) in [6, 6.07) is 14.8. The van der Waals surface area contributed by atoms with Gasteiger partial charge in [-0.15, -0.1) is 11.3 Å². The van der Waals surface area contributed by atoms with Crippen LogP contribution in [-0.4, -0.2) is 11.1 Å². The first-order chi connectivity index (χ1) is 16.8. The van der Waals surface area contributed by atoms with Gasteiger partial charge in [0.05, 0.1) is 6.42 Å². The first kappa shape index (κ1) is 26.5. The summed E-state index contributed by atoms with van der Waals surface area (Å²) in [5.41, 5.74) is 5.10. The van der Waals surface area contributed by atoms with E-state index in [1.807, 2.05) is 36.4 Å². The van der Waals surface area contributed by atoms with Gasteiger partial charge in [-0.25, -0.2) is 4.39 Å². The van der Waals surface area contributed by atoms with Crippen molar-refractivity contribution in [1.29, 1.82) is 0 Å². The van der Waals surface area contributed by atoms with E-state index in [1.165, 1.54) is 11.6 Å². The number of allylic oxidation sites excluding steroid dienone is 2. The molecule has 1 aromatic heterocycles. The maximum Gasteiger partial charge on any atom is 0.303 e. The lowest BCUT2D eigenvalue weighted by Gasteiger charge is -2.24. The predicted molar refractivity (Wildman–Crippen MR) is 150 cm³/mol. The molecular formula is C30H33FO3S2. The second-order valence-corrected chi connectivity index (χ2v) is 11.3. The molecule has 0 unspecified atom stereocenters. The van der Waals surface area contributed by atoms with Gasteiger partial charge >= 0.3 is 5.97 Å². The number of hydrogen-bond acceptors (Lipinski definition) is 3. The van der Waals surface area contributed by atoms with Crippen molar-refractivity contribution in [2.45, 2.75) is 58.5 Å². The summed E-state index contributed by atoms with van der Waals surface area (Å²) in [4.78, 5) is 12.4. The minimum absolute atomic E-state index is 0. The Morgan fingerprint density at radius 3 is 2.64 bits per heavy atom. The maximum absolute atomic E-state index is 14.8. The maximum atomic E-state index is 14.8. The average molecular weight is 525 g/mol. The molecule has 0 aliphatic heterocycles. The largest absolute Gasteiger partial charge is 0.489 e. The SMILES string of the molecule is CC1(C)CCC=C1c1c(COc2cccc([C@@H](CC(=O)O)C3CC3)c2)csc1-c1ccccc1F.S. The Morgan fingerprint density at radius 1 is 1.19 bits per heavy atom. The molecule has 0 radical (unpaired) electrons. The number of aliphatic carboxylic acids is 1. The van der Waals surface area contributed by atoms with Gasteiger partial charge in [0, 0.05) is 21.6 Å². The first-order valence-corrected chi connectivity index (χ1v) is 13.2. The van der Waals surface area contributed by atoms with E-state index in [-0.39, 0.29) is 37.1 Å². The van der Waals surface area contributed by atoms with E-state index in [4.69, 9.17) is 4.74 Å². The van der Waals surface area contributed by atoms with E-state index in [0.717, 1.165) is 53.0 Å². The molecule has 5 rings (SSSR count). The van der Waals surface area contributed by atoms with Crippen LogP contribution >= 0.6 is 24.8 Å². The molecule has 0 spiro atoms. The highest BCUT2D eigenvalue weighted by molar-refractivity contribution is 7.59. The van der Waals surface area contributed by atoms with Crippen LogP contribution in [0, 0.1) is 17.2 Å². The van der Waals surface area contributed by atoms with Gasteiger partial charge in [-0.2, -0.15) is 13.5 Å². The lowest BCUT2D eigenvalue weighted by atomic mass is 9.80. The van der Waals surface area contributed by atoms with E-state index in [0.29, 0.717) is 18.1 Å². The lowest BCUT2D eigenvalue weighted by molar-refractivity contribution is -0.137. The van der Waals surface area contributed by atoms with Crippen molar-refractivity contribution in [2.75, 3.05) is 0 Å². The van der Waals surface area contributed by atoms with Crippen molar-refractivity contribution in [3.63, 3.8) is 0 Å². The number of ether oxygens (including phenoxy) is 1. The van der Waals surface area contributed by atoms with E-state index in [1.54, 1.807) is 17.4 Å². The number of rotatable bonds is 9. The van der Waals surface area contributed by atoms with Gasteiger partial charge < -0.3 is 9.84 Å². The standard InChI is InChI=1S/C30H31FO3S.H2S/c1-30(2)14-6-10-25(30)28-21(18-35-29(28)23-9-3-4-11-26(23)31)17-34-22-8-5-7-20(15-22)24(16-27(32)33)19-12-13-19;/h3-5,7-11,15,18-19,24H,6,12-14,16-17H2,1-2H3,(H,32,33);1H2/t24-;/m0./s1. The molecule has 0 saturated heterocycles. The van der Waals surface area contributed by atoms with Crippen LogP contribution in [0.3, 0.4) is 0 Å². The summed E-state index contributed by atoms with van der Waals surface area (Å²) in [7, 11) is 0. The molecule has 1 saturated carbocycles. The minimum atomic E-state index is -0.760. The molecule has 1 heterocycles. The zero-order valence-electron chi connectivity index (χ0n) is 20.7. The van der Waals surface area contributed by atoms with Crippen molar-refractivity contribution < 1.29 is 19.0 Å². The van der Waals surface area contributed by atoms with Gasteiger partial charge in [-0.3, -0.25) is 4.79 Å². The molecule has 6 heteroatoms. The second-order valence-electron chi connectivity index (χ2n) is 10.4. The predicted octanol–water partition coefficient (Wildman–Crippen LogP) is 8.42. The summed E-state index contributed by atoms with van der Waals surface area (Å²) < 4.78 is 21.1. The fraction of sp³-hybridized carbons (Fsp3) is 0.367. The Labute approximate surface area is 223 Å². The number of halogens is 1. The van der Waals surface area contributed by atoms with Crippen LogP contribution in [0.4, 0.5) is 4.39 Å². The molecule has 3 nitrogen and oxygen atoms in total. The fourth-order valence-corrected chi connectivity index (χ4v) is 6.40. The monoisotopic (exact) mass is 524 g/mol. The molecule has 1 N–H and O–H groups in total. The molecule has 1 fully saturated rings. The van der Waals surface area contributed by atoms with E-state index >= 15 is 0 Å². The van der Waals surface area contributed by atoms with Crippen LogP contribution in [0.15, 0.2) is 60.0 Å². The fourth-order valence-electron chi connectivity index (χ4n) is 5.31. The molecule has 190 valence electrons. The van der Waals surface area contributed by atoms with Crippen LogP contribution in [0.5, 0.6) is 5.75 Å². The summed E-state index contributed by atoms with van der Waals surface area (Å²) in [5.74, 6) is 0.248. The Hall–Kier alpha value is -2.57. The topological polar surface area (TPSA) is 46.5 Å². The van der Waals surface area contributed by atoms with Gasteiger partial charge in [0.1, 0.15) is 18.2 Å². The zero-order valence-corrected chi connectivity index (χ0v) is 22.5. The van der Waals surface area contributed by atoms with Gasteiger partial charge in [0.2, 0.25) is 0 Å². The third-order valence-corrected chi connectivity index (χ3v) is 8.43. The van der Waals surface area contributed by atoms with Crippen molar-refractivity contribution in [3.8, 4) is 16.2 Å². The number of carbonyl (C=O) groups is 1. The summed E-state index contributed by atoms with van der Waals surface area (Å²) in [5, 5.41) is 11.5. The van der Waals surface area contributed by atoms with E-state index < -0.39 is 5.97 Å². The molecule has 1 atom stereocenters. The first-order valence-electron chi connectivity index (χ1n) is 12.3. The highest BCUT2D eigenvalue weighted by Gasteiger charge is 2.34. The quantitative estimate of drug-likeness (QED) is 0.306. The summed E-state index contributed by atoms with van der Waals surface area (Å²) >= 11 is 1.57. The Kier molecular flexibility index (Phi) is 7.96. The van der Waals surface area contributed by atoms with Gasteiger partial charge in [-0.1, -0.05) is 50.3 Å². The van der Waals surface area contributed by atoms with E-state index in [9.17, 15) is 14.3 Å². The minimum Gasteiger partial charge on any atom is -0.489 e. The summed E-state index contributed by atoms with van der Waals surface area (Å²) in [6.07, 6.45) is 6.71. The van der Waals surface area contributed by atoms with E-state index in [2.05, 4.69) is 25.3 Å². The Bertz CT molecular complexity index is 1270. The highest BCUT2D eigenvalue weighted by Crippen LogP contribution is 2.50. The molecule has 36 heavy (non-hydrogen) atoms. The highest BCUT2D eigenvalue weighted by atomic mass is 32.1. The average Bonchev–Trinajstić information content (AvgIpc) is 3.50. The molecule has 2 aromatic carbocycles. The Morgan fingerprint density at radius 2 is 1.97 bits per heavy atom. The molecular weight excluding hydrogens is 491 g/mol. The zero-order chi connectivity index (χ0) is 24.6. The lowest BCUT2D eigenvalue weighted by Crippen LogP contribution is -2.11. The molecule has 2 aliphatic carbocycles.